The second-order valence-corrected chi connectivity index (χ2v) is 4.27. The Morgan fingerprint density at radius 1 is 1.29 bits per heavy atom. The van der Waals surface area contributed by atoms with Gasteiger partial charge in [0.25, 0.3) is 0 Å². The van der Waals surface area contributed by atoms with E-state index in [1.54, 1.807) is 13.8 Å². The number of carbonyl (C=O) groups excluding carboxylic acids is 1. The first-order chi connectivity index (χ1) is 6.45. The van der Waals surface area contributed by atoms with Gasteiger partial charge in [-0.1, -0.05) is 26.2 Å². The van der Waals surface area contributed by atoms with E-state index in [4.69, 9.17) is 4.74 Å². The highest BCUT2D eigenvalue weighted by Gasteiger charge is 2.18. The number of unbranched alkanes of at least 4 members (excludes halogenated alkanes) is 3. The summed E-state index contributed by atoms with van der Waals surface area (Å²) >= 11 is 0. The number of carbonyl (C=O) groups is 1. The minimum atomic E-state index is -0.958. The van der Waals surface area contributed by atoms with Gasteiger partial charge in [0.05, 0.1) is 18.6 Å². The summed E-state index contributed by atoms with van der Waals surface area (Å²) in [6.07, 6.45) is 4.46. The van der Waals surface area contributed by atoms with Crippen LogP contribution in [-0.4, -0.2) is 23.3 Å². The Labute approximate surface area is 86.5 Å². The van der Waals surface area contributed by atoms with Crippen LogP contribution in [0.15, 0.2) is 0 Å². The quantitative estimate of drug-likeness (QED) is 0.509. The molecule has 0 saturated heterocycles. The number of rotatable bonds is 7. The Morgan fingerprint density at radius 3 is 2.43 bits per heavy atom. The van der Waals surface area contributed by atoms with Crippen LogP contribution in [-0.2, 0) is 9.53 Å². The van der Waals surface area contributed by atoms with Crippen LogP contribution >= 0.6 is 0 Å². The maximum atomic E-state index is 11.1. The normalized spacial score (nSPS) is 11.4. The maximum absolute atomic E-state index is 11.1. The van der Waals surface area contributed by atoms with Crippen molar-refractivity contribution in [1.82, 2.24) is 0 Å². The number of aliphatic hydroxyl groups is 1. The maximum Gasteiger partial charge on any atom is 0.308 e. The van der Waals surface area contributed by atoms with Gasteiger partial charge >= 0.3 is 5.97 Å². The van der Waals surface area contributed by atoms with Gasteiger partial charge in [-0.2, -0.15) is 0 Å². The smallest absolute Gasteiger partial charge is 0.308 e. The van der Waals surface area contributed by atoms with Crippen LogP contribution in [0.3, 0.4) is 0 Å². The van der Waals surface area contributed by atoms with E-state index in [2.05, 4.69) is 6.92 Å². The fraction of sp³-hybridized carbons (Fsp3) is 0.909. The molecule has 0 fully saturated rings. The lowest BCUT2D eigenvalue weighted by atomic mass is 10.1. The van der Waals surface area contributed by atoms with Crippen LogP contribution in [0.4, 0.5) is 0 Å². The topological polar surface area (TPSA) is 46.5 Å². The molecule has 3 heteroatoms. The van der Waals surface area contributed by atoms with E-state index in [1.807, 2.05) is 0 Å². The first kappa shape index (κ1) is 13.4. The molecule has 0 heterocycles. The van der Waals surface area contributed by atoms with Crippen molar-refractivity contribution in [3.8, 4) is 0 Å². The largest absolute Gasteiger partial charge is 0.466 e. The van der Waals surface area contributed by atoms with Crippen molar-refractivity contribution in [2.45, 2.75) is 58.5 Å². The molecule has 0 amide bonds. The molecule has 0 aromatic rings. The third-order valence-corrected chi connectivity index (χ3v) is 1.84. The summed E-state index contributed by atoms with van der Waals surface area (Å²) in [4.78, 5) is 11.1. The first-order valence-electron chi connectivity index (χ1n) is 5.33. The van der Waals surface area contributed by atoms with Gasteiger partial charge < -0.3 is 9.84 Å². The van der Waals surface area contributed by atoms with Crippen molar-refractivity contribution < 1.29 is 14.6 Å². The average Bonchev–Trinajstić information content (AvgIpc) is 2.00. The molecule has 3 nitrogen and oxygen atoms in total. The zero-order chi connectivity index (χ0) is 11.0. The molecule has 0 aliphatic carbocycles. The molecule has 14 heavy (non-hydrogen) atoms. The molecule has 84 valence electrons. The second kappa shape index (κ2) is 6.82. The zero-order valence-electron chi connectivity index (χ0n) is 9.51. The van der Waals surface area contributed by atoms with Crippen LogP contribution in [0.2, 0.25) is 0 Å². The van der Waals surface area contributed by atoms with Crippen LogP contribution in [0, 0.1) is 0 Å². The second-order valence-electron chi connectivity index (χ2n) is 4.27. The molecule has 0 bridgehead atoms. The van der Waals surface area contributed by atoms with Crippen LogP contribution in [0.25, 0.3) is 0 Å². The Balaban J connectivity index is 3.36. The highest BCUT2D eigenvalue weighted by molar-refractivity contribution is 5.70. The zero-order valence-corrected chi connectivity index (χ0v) is 9.51. The van der Waals surface area contributed by atoms with E-state index >= 15 is 0 Å². The summed E-state index contributed by atoms with van der Waals surface area (Å²) in [6.45, 7) is 5.83. The molecular weight excluding hydrogens is 180 g/mol. The summed E-state index contributed by atoms with van der Waals surface area (Å²) in [5, 5.41) is 9.33. The summed E-state index contributed by atoms with van der Waals surface area (Å²) < 4.78 is 4.97. The summed E-state index contributed by atoms with van der Waals surface area (Å²) in [5.74, 6) is -0.311. The van der Waals surface area contributed by atoms with Crippen molar-refractivity contribution in [2.24, 2.45) is 0 Å². The molecule has 0 spiro atoms. The standard InChI is InChI=1S/C11H22O3/c1-4-5-6-7-8-14-10(12)9-11(2,3)13/h13H,4-9H2,1-3H3. The monoisotopic (exact) mass is 202 g/mol. The van der Waals surface area contributed by atoms with Gasteiger partial charge in [0, 0.05) is 0 Å². The molecule has 0 rings (SSSR count). The minimum absolute atomic E-state index is 0.0702. The van der Waals surface area contributed by atoms with Gasteiger partial charge in [-0.05, 0) is 20.3 Å². The van der Waals surface area contributed by atoms with Crippen molar-refractivity contribution in [3.63, 3.8) is 0 Å². The molecule has 0 radical (unpaired) electrons. The van der Waals surface area contributed by atoms with Crippen molar-refractivity contribution in [3.05, 3.63) is 0 Å². The van der Waals surface area contributed by atoms with E-state index in [0.29, 0.717) is 6.61 Å². The van der Waals surface area contributed by atoms with Crippen LogP contribution < -0.4 is 0 Å². The molecule has 0 unspecified atom stereocenters. The van der Waals surface area contributed by atoms with Gasteiger partial charge in [-0.3, -0.25) is 4.79 Å². The predicted octanol–water partition coefficient (Wildman–Crippen LogP) is 2.27. The lowest BCUT2D eigenvalue weighted by molar-refractivity contribution is -0.148. The highest BCUT2D eigenvalue weighted by atomic mass is 16.5. The number of hydrogen-bond donors (Lipinski definition) is 1. The molecule has 0 saturated carbocycles. The Kier molecular flexibility index (Phi) is 6.54. The third-order valence-electron chi connectivity index (χ3n) is 1.84. The summed E-state index contributed by atoms with van der Waals surface area (Å²) in [6, 6.07) is 0. The van der Waals surface area contributed by atoms with E-state index in [0.717, 1.165) is 12.8 Å². The van der Waals surface area contributed by atoms with Gasteiger partial charge in [-0.25, -0.2) is 0 Å². The highest BCUT2D eigenvalue weighted by Crippen LogP contribution is 2.08. The van der Waals surface area contributed by atoms with Crippen molar-refractivity contribution >= 4 is 5.97 Å². The van der Waals surface area contributed by atoms with E-state index in [9.17, 15) is 9.90 Å². The van der Waals surface area contributed by atoms with Crippen LogP contribution in [0.1, 0.15) is 52.9 Å². The van der Waals surface area contributed by atoms with Gasteiger partial charge in [0.15, 0.2) is 0 Å². The van der Waals surface area contributed by atoms with E-state index in [-0.39, 0.29) is 12.4 Å². The number of hydrogen-bond acceptors (Lipinski definition) is 3. The Hall–Kier alpha value is -0.570. The van der Waals surface area contributed by atoms with Crippen molar-refractivity contribution in [1.29, 1.82) is 0 Å². The van der Waals surface area contributed by atoms with Gasteiger partial charge in [0.2, 0.25) is 0 Å². The Bertz CT molecular complexity index is 158. The Morgan fingerprint density at radius 2 is 1.93 bits per heavy atom. The molecule has 0 aromatic heterocycles. The number of esters is 1. The molecule has 0 aromatic carbocycles. The molecule has 0 aliphatic heterocycles. The predicted molar refractivity (Wildman–Crippen MR) is 56.0 cm³/mol. The van der Waals surface area contributed by atoms with E-state index < -0.39 is 5.60 Å². The molecule has 0 aliphatic rings. The van der Waals surface area contributed by atoms with E-state index in [1.165, 1.54) is 12.8 Å². The van der Waals surface area contributed by atoms with Gasteiger partial charge in [0.1, 0.15) is 0 Å². The van der Waals surface area contributed by atoms with Crippen LogP contribution in [0.5, 0.6) is 0 Å². The minimum Gasteiger partial charge on any atom is -0.466 e. The molecule has 1 N–H and O–H groups in total. The fourth-order valence-corrected chi connectivity index (χ4v) is 1.12. The lowest BCUT2D eigenvalue weighted by Gasteiger charge is -2.15. The average molecular weight is 202 g/mol. The van der Waals surface area contributed by atoms with Gasteiger partial charge in [-0.15, -0.1) is 0 Å². The third kappa shape index (κ3) is 9.52. The van der Waals surface area contributed by atoms with Crippen molar-refractivity contribution in [2.75, 3.05) is 6.61 Å². The lowest BCUT2D eigenvalue weighted by Crippen LogP contribution is -2.24. The fourth-order valence-electron chi connectivity index (χ4n) is 1.12. The molecular formula is C11H22O3. The molecule has 0 atom stereocenters. The summed E-state index contributed by atoms with van der Waals surface area (Å²) in [7, 11) is 0. The SMILES string of the molecule is CCCCCCOC(=O)CC(C)(C)O. The number of ether oxygens (including phenoxy) is 1. The summed E-state index contributed by atoms with van der Waals surface area (Å²) in [5.41, 5.74) is -0.958. The first-order valence-corrected chi connectivity index (χ1v) is 5.33.